The first-order chi connectivity index (χ1) is 18.1. The molecule has 0 aliphatic heterocycles. The van der Waals surface area contributed by atoms with E-state index in [9.17, 15) is 10.1 Å². The number of carbonyl (C=O) groups is 1. The van der Waals surface area contributed by atoms with E-state index in [0.717, 1.165) is 38.5 Å². The van der Waals surface area contributed by atoms with Crippen molar-refractivity contribution in [2.75, 3.05) is 0 Å². The van der Waals surface area contributed by atoms with E-state index in [1.807, 2.05) is 0 Å². The van der Waals surface area contributed by atoms with Crippen molar-refractivity contribution in [3.63, 3.8) is 0 Å². The molecular formula is C28H29FN6O2. The molecule has 2 atom stereocenters. The van der Waals surface area contributed by atoms with E-state index >= 15 is 4.39 Å². The van der Waals surface area contributed by atoms with Crippen LogP contribution in [-0.4, -0.2) is 26.0 Å². The Balaban J connectivity index is 1.53. The minimum atomic E-state index is -0.809. The fraction of sp³-hybridized carbons (Fsp3) is 0.393. The molecule has 5 rings (SSSR count). The van der Waals surface area contributed by atoms with Crippen molar-refractivity contribution in [3.8, 4) is 6.07 Å². The Bertz CT molecular complexity index is 1420. The minimum absolute atomic E-state index is 0.148. The number of aromatic amines is 1. The van der Waals surface area contributed by atoms with Crippen molar-refractivity contribution >= 4 is 16.9 Å². The van der Waals surface area contributed by atoms with Gasteiger partial charge in [-0.05, 0) is 43.4 Å². The summed E-state index contributed by atoms with van der Waals surface area (Å²) in [7, 11) is 0. The molecule has 3 aromatic heterocycles. The molecule has 1 aromatic carbocycles. The molecule has 1 aliphatic rings. The van der Waals surface area contributed by atoms with Crippen LogP contribution in [0.15, 0.2) is 47.4 Å². The predicted octanol–water partition coefficient (Wildman–Crippen LogP) is 5.88. The first-order valence-electron chi connectivity index (χ1n) is 12.8. The van der Waals surface area contributed by atoms with Crippen molar-refractivity contribution < 1.29 is 13.7 Å². The second-order valence-corrected chi connectivity index (χ2v) is 9.71. The van der Waals surface area contributed by atoms with E-state index < -0.39 is 17.8 Å². The Morgan fingerprint density at radius 3 is 2.68 bits per heavy atom. The number of nitriles is 1. The molecule has 8 nitrogen and oxygen atoms in total. The molecule has 0 bridgehead atoms. The zero-order valence-electron chi connectivity index (χ0n) is 20.7. The molecule has 1 saturated carbocycles. The molecular weight excluding hydrogens is 471 g/mol. The number of halogens is 1. The lowest BCUT2D eigenvalue weighted by Gasteiger charge is -2.28. The minimum Gasteiger partial charge on any atom is -0.364 e. The van der Waals surface area contributed by atoms with E-state index in [1.54, 1.807) is 43.6 Å². The number of amides is 1. The normalized spacial score (nSPS) is 16.5. The van der Waals surface area contributed by atoms with Gasteiger partial charge >= 0.3 is 0 Å². The van der Waals surface area contributed by atoms with Gasteiger partial charge in [-0.1, -0.05) is 49.4 Å². The highest BCUT2D eigenvalue weighted by Crippen LogP contribution is 2.35. The highest BCUT2D eigenvalue weighted by Gasteiger charge is 2.30. The van der Waals surface area contributed by atoms with E-state index in [1.165, 1.54) is 12.7 Å². The maximum Gasteiger partial charge on any atom is 0.257 e. The highest BCUT2D eigenvalue weighted by molar-refractivity contribution is 5.95. The van der Waals surface area contributed by atoms with Gasteiger partial charge < -0.3 is 14.8 Å². The van der Waals surface area contributed by atoms with Crippen LogP contribution >= 0.6 is 0 Å². The summed E-state index contributed by atoms with van der Waals surface area (Å²) in [6, 6.07) is 8.60. The molecule has 0 radical (unpaired) electrons. The third kappa shape index (κ3) is 5.10. The monoisotopic (exact) mass is 500 g/mol. The number of H-pyrrole nitrogens is 1. The molecule has 4 aromatic rings. The summed E-state index contributed by atoms with van der Waals surface area (Å²) in [5.74, 6) is -0.999. The lowest BCUT2D eigenvalue weighted by Crippen LogP contribution is -2.35. The number of fused-ring (bicyclic) bond motifs is 1. The molecule has 9 heteroatoms. The molecule has 1 fully saturated rings. The van der Waals surface area contributed by atoms with E-state index in [2.05, 4.69) is 31.5 Å². The van der Waals surface area contributed by atoms with Gasteiger partial charge in [0.05, 0.1) is 23.3 Å². The second kappa shape index (κ2) is 10.9. The Labute approximate surface area is 214 Å². The number of pyridine rings is 1. The molecule has 0 spiro atoms. The summed E-state index contributed by atoms with van der Waals surface area (Å²) < 4.78 is 20.8. The topological polar surface area (TPSA) is 120 Å². The largest absolute Gasteiger partial charge is 0.364 e. The first-order valence-corrected chi connectivity index (χ1v) is 12.8. The lowest BCUT2D eigenvalue weighted by molar-refractivity contribution is 0.0911. The third-order valence-electron chi connectivity index (χ3n) is 7.30. The molecule has 37 heavy (non-hydrogen) atoms. The van der Waals surface area contributed by atoms with Crippen LogP contribution in [0.3, 0.4) is 0 Å². The van der Waals surface area contributed by atoms with Gasteiger partial charge in [0.1, 0.15) is 29.1 Å². The van der Waals surface area contributed by atoms with Gasteiger partial charge in [0.2, 0.25) is 0 Å². The van der Waals surface area contributed by atoms with Crippen LogP contribution in [0.25, 0.3) is 11.0 Å². The number of imidazole rings is 1. The van der Waals surface area contributed by atoms with E-state index in [-0.39, 0.29) is 22.9 Å². The van der Waals surface area contributed by atoms with Crippen molar-refractivity contribution in [3.05, 3.63) is 76.9 Å². The van der Waals surface area contributed by atoms with Crippen molar-refractivity contribution in [1.82, 2.24) is 25.4 Å². The van der Waals surface area contributed by atoms with E-state index in [4.69, 9.17) is 4.52 Å². The number of carbonyl (C=O) groups excluding carboxylic acids is 1. The zero-order valence-corrected chi connectivity index (χ0v) is 20.7. The molecule has 190 valence electrons. The number of hydrogen-bond donors (Lipinski definition) is 2. The average Bonchev–Trinajstić information content (AvgIpc) is 3.52. The maximum atomic E-state index is 15.8. The van der Waals surface area contributed by atoms with Crippen LogP contribution in [0.4, 0.5) is 4.39 Å². The molecule has 3 heterocycles. The van der Waals surface area contributed by atoms with Gasteiger partial charge in [-0.2, -0.15) is 5.26 Å². The highest BCUT2D eigenvalue weighted by atomic mass is 19.1. The van der Waals surface area contributed by atoms with Crippen LogP contribution in [-0.2, 0) is 0 Å². The number of nitrogens with zero attached hydrogens (tertiary/aromatic N) is 4. The maximum absolute atomic E-state index is 15.8. The fourth-order valence-corrected chi connectivity index (χ4v) is 5.28. The first kappa shape index (κ1) is 24.6. The van der Waals surface area contributed by atoms with Crippen LogP contribution < -0.4 is 5.32 Å². The Morgan fingerprint density at radius 1 is 1.22 bits per heavy atom. The zero-order chi connectivity index (χ0) is 25.8. The molecule has 1 amide bonds. The fourth-order valence-electron chi connectivity index (χ4n) is 5.28. The van der Waals surface area contributed by atoms with Crippen molar-refractivity contribution in [1.29, 1.82) is 5.26 Å². The number of aryl methyl sites for hydroxylation is 1. The second-order valence-electron chi connectivity index (χ2n) is 9.71. The van der Waals surface area contributed by atoms with Gasteiger partial charge in [-0.15, -0.1) is 0 Å². The Kier molecular flexibility index (Phi) is 7.26. The summed E-state index contributed by atoms with van der Waals surface area (Å²) >= 11 is 0. The predicted molar refractivity (Wildman–Crippen MR) is 135 cm³/mol. The Hall–Kier alpha value is -4.06. The van der Waals surface area contributed by atoms with Gasteiger partial charge in [-0.3, -0.25) is 9.78 Å². The standard InChI is InChI=1S/C28H29FN6O2/c1-17-22(16-37-35-17)28(36)34-25(18-8-5-3-2-4-6-9-18)27-32-23-12-11-20(24(29)26(23)33-27)21(14-30)19-10-7-13-31-15-19/h7,10-13,15-16,18,21,25H,2-6,8-9H2,1H3,(H,32,33)(H,34,36). The van der Waals surface area contributed by atoms with Crippen LogP contribution in [0.5, 0.6) is 0 Å². The Morgan fingerprint density at radius 2 is 2.00 bits per heavy atom. The van der Waals surface area contributed by atoms with Crippen LogP contribution in [0, 0.1) is 30.0 Å². The summed E-state index contributed by atoms with van der Waals surface area (Å²) in [6.45, 7) is 1.72. The van der Waals surface area contributed by atoms with Gasteiger partial charge in [0.15, 0.2) is 5.82 Å². The van der Waals surface area contributed by atoms with Crippen LogP contribution in [0.1, 0.15) is 89.9 Å². The van der Waals surface area contributed by atoms with Gasteiger partial charge in [0, 0.05) is 18.0 Å². The lowest BCUT2D eigenvalue weighted by atomic mass is 9.85. The SMILES string of the molecule is Cc1nocc1C(=O)NC(c1nc2c(F)c(C(C#N)c3cccnc3)ccc2[nH]1)C1CCCCCCC1. The summed E-state index contributed by atoms with van der Waals surface area (Å²) in [5.41, 5.74) is 2.41. The number of rotatable bonds is 6. The van der Waals surface area contributed by atoms with Gasteiger partial charge in [0.25, 0.3) is 5.91 Å². The summed E-state index contributed by atoms with van der Waals surface area (Å²) in [5, 5.41) is 16.8. The van der Waals surface area contributed by atoms with E-state index in [0.29, 0.717) is 28.2 Å². The van der Waals surface area contributed by atoms with Crippen LogP contribution in [0.2, 0.25) is 0 Å². The smallest absolute Gasteiger partial charge is 0.257 e. The molecule has 1 aliphatic carbocycles. The number of hydrogen-bond acceptors (Lipinski definition) is 6. The number of nitrogens with one attached hydrogen (secondary N) is 2. The quantitative estimate of drug-likeness (QED) is 0.341. The average molecular weight is 501 g/mol. The molecule has 2 N–H and O–H groups in total. The number of benzene rings is 1. The summed E-state index contributed by atoms with van der Waals surface area (Å²) in [6.07, 6.45) is 12.1. The van der Waals surface area contributed by atoms with Gasteiger partial charge in [-0.25, -0.2) is 9.37 Å². The van der Waals surface area contributed by atoms with Crippen molar-refractivity contribution in [2.45, 2.75) is 63.8 Å². The van der Waals surface area contributed by atoms with Crippen molar-refractivity contribution in [2.24, 2.45) is 5.92 Å². The summed E-state index contributed by atoms with van der Waals surface area (Å²) in [4.78, 5) is 25.2. The third-order valence-corrected chi connectivity index (χ3v) is 7.30. The molecule has 0 saturated heterocycles. The number of aromatic nitrogens is 4. The molecule has 2 unspecified atom stereocenters.